The molecule has 2 aliphatic rings. The summed E-state index contributed by atoms with van der Waals surface area (Å²) in [6.07, 6.45) is 3.87. The smallest absolute Gasteiger partial charge is 0.125 e. The van der Waals surface area contributed by atoms with Gasteiger partial charge < -0.3 is 5.73 Å². The molecule has 0 aromatic heterocycles. The molecule has 3 atom stereocenters. The van der Waals surface area contributed by atoms with E-state index >= 15 is 0 Å². The van der Waals surface area contributed by atoms with Crippen LogP contribution in [0.3, 0.4) is 0 Å². The number of rotatable bonds is 3. The van der Waals surface area contributed by atoms with Crippen LogP contribution in [0.25, 0.3) is 0 Å². The van der Waals surface area contributed by atoms with Crippen molar-refractivity contribution >= 4 is 11.6 Å². The first-order valence-corrected chi connectivity index (χ1v) is 6.97. The summed E-state index contributed by atoms with van der Waals surface area (Å²) >= 11 is 5.94. The summed E-state index contributed by atoms with van der Waals surface area (Å²) in [5.74, 6) is 0.536. The first kappa shape index (κ1) is 12.4. The second kappa shape index (κ2) is 4.80. The Kier molecular flexibility index (Phi) is 3.31. The quantitative estimate of drug-likeness (QED) is 0.913. The van der Waals surface area contributed by atoms with Crippen LogP contribution in [0.5, 0.6) is 0 Å². The topological polar surface area (TPSA) is 29.3 Å². The Balaban J connectivity index is 1.87. The normalized spacial score (nSPS) is 28.8. The molecule has 0 radical (unpaired) electrons. The summed E-state index contributed by atoms with van der Waals surface area (Å²) < 4.78 is 13.5. The molecule has 1 aromatic carbocycles. The van der Waals surface area contributed by atoms with E-state index in [4.69, 9.17) is 17.3 Å². The Morgan fingerprint density at radius 3 is 2.78 bits per heavy atom. The summed E-state index contributed by atoms with van der Waals surface area (Å²) in [6, 6.07) is 5.48. The fourth-order valence-electron chi connectivity index (χ4n) is 3.58. The maximum absolute atomic E-state index is 13.5. The lowest BCUT2D eigenvalue weighted by Crippen LogP contribution is -2.39. The van der Waals surface area contributed by atoms with Gasteiger partial charge in [0.25, 0.3) is 0 Å². The summed E-state index contributed by atoms with van der Waals surface area (Å²) in [6.45, 7) is 1.61. The summed E-state index contributed by atoms with van der Waals surface area (Å²) in [4.78, 5) is 2.44. The zero-order valence-corrected chi connectivity index (χ0v) is 11.0. The van der Waals surface area contributed by atoms with Crippen molar-refractivity contribution in [3.05, 3.63) is 34.6 Å². The molecule has 0 amide bonds. The number of nitrogens with zero attached hydrogens (tertiary/aromatic N) is 1. The predicted octanol–water partition coefficient (Wildman–Crippen LogP) is 2.96. The lowest BCUT2D eigenvalue weighted by molar-refractivity contribution is 0.153. The van der Waals surface area contributed by atoms with Crippen LogP contribution in [0.1, 0.15) is 30.9 Å². The van der Waals surface area contributed by atoms with E-state index in [-0.39, 0.29) is 11.9 Å². The van der Waals surface area contributed by atoms with Crippen molar-refractivity contribution in [2.24, 2.45) is 11.7 Å². The third-order valence-corrected chi connectivity index (χ3v) is 4.56. The van der Waals surface area contributed by atoms with E-state index in [0.29, 0.717) is 17.6 Å². The fourth-order valence-corrected chi connectivity index (χ4v) is 3.81. The highest BCUT2D eigenvalue weighted by Crippen LogP contribution is 2.42. The molecular weight excluding hydrogens is 251 g/mol. The average molecular weight is 269 g/mol. The van der Waals surface area contributed by atoms with Crippen LogP contribution in [0.15, 0.2) is 18.2 Å². The molecule has 1 aliphatic carbocycles. The third kappa shape index (κ3) is 2.15. The first-order valence-electron chi connectivity index (χ1n) is 6.59. The minimum atomic E-state index is -0.277. The molecule has 3 rings (SSSR count). The minimum Gasteiger partial charge on any atom is -0.329 e. The number of likely N-dealkylation sites (tertiary alicyclic amines) is 1. The Bertz CT molecular complexity index is 431. The van der Waals surface area contributed by atoms with E-state index in [9.17, 15) is 4.39 Å². The lowest BCUT2D eigenvalue weighted by atomic mass is 10.0. The second-order valence-corrected chi connectivity index (χ2v) is 5.92. The van der Waals surface area contributed by atoms with Gasteiger partial charge in [0.15, 0.2) is 0 Å². The largest absolute Gasteiger partial charge is 0.329 e. The van der Waals surface area contributed by atoms with Gasteiger partial charge in [-0.1, -0.05) is 11.6 Å². The highest BCUT2D eigenvalue weighted by molar-refractivity contribution is 6.30. The van der Waals surface area contributed by atoms with Crippen LogP contribution in [0, 0.1) is 11.7 Å². The standard InChI is InChI=1S/C14H18ClFN2/c15-11-4-10(5-12(16)6-11)14(7-17)18-8-9-1-2-13(18)3-9/h4-6,9,13-14H,1-3,7-8,17H2. The average Bonchev–Trinajstić information content (AvgIpc) is 2.90. The molecule has 1 aliphatic heterocycles. The van der Waals surface area contributed by atoms with E-state index in [2.05, 4.69) is 4.90 Å². The summed E-state index contributed by atoms with van der Waals surface area (Å²) in [5.41, 5.74) is 6.82. The molecule has 2 fully saturated rings. The van der Waals surface area contributed by atoms with Gasteiger partial charge in [-0.15, -0.1) is 0 Å². The van der Waals surface area contributed by atoms with Crippen LogP contribution in [0.4, 0.5) is 4.39 Å². The maximum atomic E-state index is 13.5. The van der Waals surface area contributed by atoms with Crippen molar-refractivity contribution in [1.29, 1.82) is 0 Å². The number of halogens is 2. The molecule has 0 spiro atoms. The molecule has 4 heteroatoms. The molecule has 18 heavy (non-hydrogen) atoms. The van der Waals surface area contributed by atoms with Crippen LogP contribution < -0.4 is 5.73 Å². The fraction of sp³-hybridized carbons (Fsp3) is 0.571. The van der Waals surface area contributed by atoms with Gasteiger partial charge in [-0.2, -0.15) is 0 Å². The highest BCUT2D eigenvalue weighted by atomic mass is 35.5. The number of hydrogen-bond donors (Lipinski definition) is 1. The molecule has 2 nitrogen and oxygen atoms in total. The van der Waals surface area contributed by atoms with E-state index in [1.165, 1.54) is 25.3 Å². The first-order chi connectivity index (χ1) is 8.67. The summed E-state index contributed by atoms with van der Waals surface area (Å²) in [5, 5.41) is 0.452. The van der Waals surface area contributed by atoms with Gasteiger partial charge >= 0.3 is 0 Å². The Labute approximate surface area is 112 Å². The maximum Gasteiger partial charge on any atom is 0.125 e. The number of hydrogen-bond acceptors (Lipinski definition) is 2. The number of benzene rings is 1. The number of piperidine rings is 1. The monoisotopic (exact) mass is 268 g/mol. The molecule has 98 valence electrons. The minimum absolute atomic E-state index is 0.105. The Hall–Kier alpha value is -0.640. The van der Waals surface area contributed by atoms with Gasteiger partial charge in [-0.25, -0.2) is 4.39 Å². The van der Waals surface area contributed by atoms with Crippen LogP contribution >= 0.6 is 11.6 Å². The molecule has 3 unspecified atom stereocenters. The third-order valence-electron chi connectivity index (χ3n) is 4.34. The van der Waals surface area contributed by atoms with E-state index in [0.717, 1.165) is 18.0 Å². The molecular formula is C14H18ClFN2. The SMILES string of the molecule is NCC(c1cc(F)cc(Cl)c1)N1CC2CCC1C2. The molecule has 2 N–H and O–H groups in total. The predicted molar refractivity (Wildman–Crippen MR) is 71.0 cm³/mol. The second-order valence-electron chi connectivity index (χ2n) is 5.48. The van der Waals surface area contributed by atoms with E-state index in [1.54, 1.807) is 6.07 Å². The molecule has 2 bridgehead atoms. The number of fused-ring (bicyclic) bond motifs is 2. The van der Waals surface area contributed by atoms with Gasteiger partial charge in [-0.05, 0) is 48.9 Å². The van der Waals surface area contributed by atoms with Gasteiger partial charge in [0.1, 0.15) is 5.82 Å². The van der Waals surface area contributed by atoms with Crippen LogP contribution in [0.2, 0.25) is 5.02 Å². The highest BCUT2D eigenvalue weighted by Gasteiger charge is 2.41. The van der Waals surface area contributed by atoms with Crippen molar-refractivity contribution in [3.8, 4) is 0 Å². The zero-order valence-electron chi connectivity index (χ0n) is 10.3. The Morgan fingerprint density at radius 1 is 1.39 bits per heavy atom. The van der Waals surface area contributed by atoms with E-state index in [1.807, 2.05) is 6.07 Å². The van der Waals surface area contributed by atoms with Gasteiger partial charge in [0.05, 0.1) is 0 Å². The van der Waals surface area contributed by atoms with Crippen molar-refractivity contribution in [2.45, 2.75) is 31.3 Å². The van der Waals surface area contributed by atoms with Gasteiger partial charge in [0, 0.05) is 30.2 Å². The number of nitrogens with two attached hydrogens (primary N) is 1. The van der Waals surface area contributed by atoms with Crippen molar-refractivity contribution < 1.29 is 4.39 Å². The molecule has 1 aromatic rings. The van der Waals surface area contributed by atoms with E-state index < -0.39 is 0 Å². The zero-order chi connectivity index (χ0) is 12.7. The van der Waals surface area contributed by atoms with Gasteiger partial charge in [0.2, 0.25) is 0 Å². The summed E-state index contributed by atoms with van der Waals surface area (Å²) in [7, 11) is 0. The lowest BCUT2D eigenvalue weighted by Gasteiger charge is -2.34. The molecule has 1 heterocycles. The van der Waals surface area contributed by atoms with Crippen molar-refractivity contribution in [1.82, 2.24) is 4.90 Å². The van der Waals surface area contributed by atoms with Crippen molar-refractivity contribution in [3.63, 3.8) is 0 Å². The Morgan fingerprint density at radius 2 is 2.22 bits per heavy atom. The van der Waals surface area contributed by atoms with Gasteiger partial charge in [-0.3, -0.25) is 4.90 Å². The van der Waals surface area contributed by atoms with Crippen LogP contribution in [-0.2, 0) is 0 Å². The van der Waals surface area contributed by atoms with Crippen LogP contribution in [-0.4, -0.2) is 24.0 Å². The molecule has 1 saturated carbocycles. The van der Waals surface area contributed by atoms with Crippen molar-refractivity contribution in [2.75, 3.05) is 13.1 Å². The molecule has 1 saturated heterocycles.